The fraction of sp³-hybridized carbons (Fsp3) is 0.240. The monoisotopic (exact) mass is 430 g/mol. The van der Waals surface area contributed by atoms with Gasteiger partial charge in [-0.05, 0) is 55.7 Å². The topological polar surface area (TPSA) is 59.9 Å². The molecule has 0 unspecified atom stereocenters. The third-order valence-electron chi connectivity index (χ3n) is 4.84. The van der Waals surface area contributed by atoms with Crippen LogP contribution in [0.5, 0.6) is 5.75 Å². The zero-order valence-electron chi connectivity index (χ0n) is 18.1. The second kappa shape index (κ2) is 9.71. The molecule has 0 aliphatic carbocycles. The number of ether oxygens (including phenoxy) is 1. The summed E-state index contributed by atoms with van der Waals surface area (Å²) in [5, 5.41) is 4.26. The van der Waals surface area contributed by atoms with Crippen molar-refractivity contribution < 1.29 is 4.74 Å². The lowest BCUT2D eigenvalue weighted by atomic mass is 10.0. The van der Waals surface area contributed by atoms with Crippen molar-refractivity contribution in [2.75, 3.05) is 11.9 Å². The van der Waals surface area contributed by atoms with Crippen molar-refractivity contribution in [3.63, 3.8) is 0 Å². The van der Waals surface area contributed by atoms with Crippen LogP contribution in [0.25, 0.3) is 21.8 Å². The highest BCUT2D eigenvalue weighted by Crippen LogP contribution is 2.32. The molecule has 0 bridgehead atoms. The van der Waals surface area contributed by atoms with Gasteiger partial charge in [0.25, 0.3) is 0 Å². The Morgan fingerprint density at radius 1 is 0.968 bits per heavy atom. The van der Waals surface area contributed by atoms with Gasteiger partial charge in [-0.3, -0.25) is 0 Å². The Morgan fingerprint density at radius 3 is 2.55 bits per heavy atom. The number of hydrogen-bond acceptors (Lipinski definition) is 6. The summed E-state index contributed by atoms with van der Waals surface area (Å²) >= 11 is 1.62. The van der Waals surface area contributed by atoms with Crippen LogP contribution < -0.4 is 10.1 Å². The minimum absolute atomic E-state index is 0.552. The van der Waals surface area contributed by atoms with E-state index >= 15 is 0 Å². The van der Waals surface area contributed by atoms with E-state index in [-0.39, 0.29) is 0 Å². The molecule has 4 aromatic rings. The van der Waals surface area contributed by atoms with E-state index in [1.54, 1.807) is 11.3 Å². The lowest BCUT2D eigenvalue weighted by Gasteiger charge is -2.11. The molecule has 0 saturated heterocycles. The molecule has 6 heteroatoms. The number of hydrogen-bond donors (Lipinski definition) is 1. The molecule has 0 radical (unpaired) electrons. The summed E-state index contributed by atoms with van der Waals surface area (Å²) in [6, 6.07) is 18.4. The van der Waals surface area contributed by atoms with Crippen LogP contribution in [-0.4, -0.2) is 21.5 Å². The lowest BCUT2D eigenvalue weighted by Crippen LogP contribution is -1.98. The molecule has 5 nitrogen and oxygen atoms in total. The molecule has 1 N–H and O–H groups in total. The molecule has 0 spiro atoms. The Labute approximate surface area is 187 Å². The van der Waals surface area contributed by atoms with Gasteiger partial charge in [-0.15, -0.1) is 0 Å². The Bertz CT molecular complexity index is 1160. The van der Waals surface area contributed by atoms with Crippen molar-refractivity contribution in [1.29, 1.82) is 0 Å². The standard InChI is InChI=1S/C25H26N4OS/c1-4-12-26-25-27-15-24(31-25)23-14-22(28-18(3)29-23)21-11-10-20(13-17(21)2)30-16-19-8-6-5-7-9-19/h5-11,13-15H,4,12,16H2,1-3H3,(H,26,27). The molecule has 158 valence electrons. The van der Waals surface area contributed by atoms with E-state index in [1.807, 2.05) is 43.5 Å². The first-order chi connectivity index (χ1) is 15.1. The third kappa shape index (κ3) is 5.27. The van der Waals surface area contributed by atoms with Crippen LogP contribution in [-0.2, 0) is 6.61 Å². The number of thiazole rings is 1. The molecule has 0 saturated carbocycles. The number of benzene rings is 2. The van der Waals surface area contributed by atoms with Gasteiger partial charge in [-0.25, -0.2) is 15.0 Å². The Balaban J connectivity index is 1.55. The summed E-state index contributed by atoms with van der Waals surface area (Å²) in [5.74, 6) is 1.60. The second-order valence-electron chi connectivity index (χ2n) is 7.39. The quantitative estimate of drug-likeness (QED) is 0.356. The molecule has 0 aliphatic rings. The highest BCUT2D eigenvalue weighted by Gasteiger charge is 2.12. The van der Waals surface area contributed by atoms with Crippen molar-refractivity contribution >= 4 is 16.5 Å². The zero-order chi connectivity index (χ0) is 21.6. The first-order valence-corrected chi connectivity index (χ1v) is 11.3. The summed E-state index contributed by atoms with van der Waals surface area (Å²) in [6.45, 7) is 7.62. The average Bonchev–Trinajstić information content (AvgIpc) is 3.26. The SMILES string of the molecule is CCCNc1ncc(-c2cc(-c3ccc(OCc4ccccc4)cc3C)nc(C)n2)s1. The maximum absolute atomic E-state index is 5.97. The van der Waals surface area contributed by atoms with Crippen LogP contribution in [0.4, 0.5) is 5.13 Å². The number of rotatable bonds is 8. The van der Waals surface area contributed by atoms with Crippen LogP contribution in [0.15, 0.2) is 60.8 Å². The molecular formula is C25H26N4OS. The molecular weight excluding hydrogens is 404 g/mol. The van der Waals surface area contributed by atoms with E-state index in [4.69, 9.17) is 4.74 Å². The number of nitrogens with one attached hydrogen (secondary N) is 1. The molecule has 31 heavy (non-hydrogen) atoms. The highest BCUT2D eigenvalue weighted by atomic mass is 32.1. The van der Waals surface area contributed by atoms with Gasteiger partial charge in [0, 0.05) is 18.3 Å². The van der Waals surface area contributed by atoms with Crippen molar-refractivity contribution in [3.05, 3.63) is 77.7 Å². The van der Waals surface area contributed by atoms with E-state index in [0.717, 1.165) is 62.6 Å². The summed E-state index contributed by atoms with van der Waals surface area (Å²) in [7, 11) is 0. The summed E-state index contributed by atoms with van der Waals surface area (Å²) in [4.78, 5) is 14.8. The number of nitrogens with zero attached hydrogens (tertiary/aromatic N) is 3. The largest absolute Gasteiger partial charge is 0.489 e. The lowest BCUT2D eigenvalue weighted by molar-refractivity contribution is 0.306. The maximum Gasteiger partial charge on any atom is 0.183 e. The zero-order valence-corrected chi connectivity index (χ0v) is 18.9. The van der Waals surface area contributed by atoms with Crippen molar-refractivity contribution in [2.45, 2.75) is 33.8 Å². The van der Waals surface area contributed by atoms with Gasteiger partial charge < -0.3 is 10.1 Å². The molecule has 2 heterocycles. The first-order valence-electron chi connectivity index (χ1n) is 10.5. The van der Waals surface area contributed by atoms with Crippen molar-refractivity contribution in [1.82, 2.24) is 15.0 Å². The molecule has 0 fully saturated rings. The minimum atomic E-state index is 0.552. The third-order valence-corrected chi connectivity index (χ3v) is 5.82. The van der Waals surface area contributed by atoms with Gasteiger partial charge in [-0.1, -0.05) is 48.6 Å². The summed E-state index contributed by atoms with van der Waals surface area (Å²) in [6.07, 6.45) is 2.94. The fourth-order valence-corrected chi connectivity index (χ4v) is 4.09. The predicted molar refractivity (Wildman–Crippen MR) is 128 cm³/mol. The van der Waals surface area contributed by atoms with Gasteiger partial charge in [0.15, 0.2) is 5.13 Å². The van der Waals surface area contributed by atoms with Crippen LogP contribution in [0.1, 0.15) is 30.3 Å². The molecule has 2 aromatic heterocycles. The highest BCUT2D eigenvalue weighted by molar-refractivity contribution is 7.18. The van der Waals surface area contributed by atoms with E-state index in [9.17, 15) is 0 Å². The van der Waals surface area contributed by atoms with Gasteiger partial charge in [0.05, 0.1) is 16.3 Å². The smallest absolute Gasteiger partial charge is 0.183 e. The first kappa shape index (κ1) is 21.0. The van der Waals surface area contributed by atoms with E-state index in [0.29, 0.717) is 6.61 Å². The maximum atomic E-state index is 5.97. The van der Waals surface area contributed by atoms with Crippen molar-refractivity contribution in [3.8, 4) is 27.6 Å². The normalized spacial score (nSPS) is 10.8. The minimum Gasteiger partial charge on any atom is -0.489 e. The van der Waals surface area contributed by atoms with Crippen LogP contribution in [0.3, 0.4) is 0 Å². The van der Waals surface area contributed by atoms with Crippen LogP contribution in [0, 0.1) is 13.8 Å². The van der Waals surface area contributed by atoms with E-state index < -0.39 is 0 Å². The van der Waals surface area contributed by atoms with Gasteiger partial charge in [-0.2, -0.15) is 0 Å². The van der Waals surface area contributed by atoms with Crippen LogP contribution in [0.2, 0.25) is 0 Å². The number of aryl methyl sites for hydroxylation is 2. The fourth-order valence-electron chi connectivity index (χ4n) is 3.29. The van der Waals surface area contributed by atoms with Crippen molar-refractivity contribution in [2.24, 2.45) is 0 Å². The summed E-state index contributed by atoms with van der Waals surface area (Å²) in [5.41, 5.74) is 5.15. The predicted octanol–water partition coefficient (Wildman–Crippen LogP) is 6.28. The molecule has 0 amide bonds. The average molecular weight is 431 g/mol. The summed E-state index contributed by atoms with van der Waals surface area (Å²) < 4.78 is 5.97. The molecule has 2 aromatic carbocycles. The Kier molecular flexibility index (Phi) is 6.57. The molecule has 0 atom stereocenters. The van der Waals surface area contributed by atoms with Gasteiger partial charge >= 0.3 is 0 Å². The number of anilines is 1. The second-order valence-corrected chi connectivity index (χ2v) is 8.42. The molecule has 4 rings (SSSR count). The number of aromatic nitrogens is 3. The Morgan fingerprint density at radius 2 is 1.77 bits per heavy atom. The van der Waals surface area contributed by atoms with Crippen LogP contribution >= 0.6 is 11.3 Å². The van der Waals surface area contributed by atoms with E-state index in [2.05, 4.69) is 58.4 Å². The Hall–Kier alpha value is -3.25. The van der Waals surface area contributed by atoms with Gasteiger partial charge in [0.1, 0.15) is 18.2 Å². The molecule has 0 aliphatic heterocycles. The van der Waals surface area contributed by atoms with Gasteiger partial charge in [0.2, 0.25) is 0 Å². The van der Waals surface area contributed by atoms with E-state index in [1.165, 1.54) is 0 Å².